The van der Waals surface area contributed by atoms with Crippen molar-refractivity contribution in [3.63, 3.8) is 0 Å². The first-order valence-electron chi connectivity index (χ1n) is 14.2. The molecule has 0 aliphatic rings. The average Bonchev–Trinajstić information content (AvgIpc) is 2.89. The maximum absolute atomic E-state index is 14.2. The monoisotopic (exact) mass is 602 g/mol. The smallest absolute Gasteiger partial charge is 0.408 e. The zero-order valence-corrected chi connectivity index (χ0v) is 25.8. The van der Waals surface area contributed by atoms with Gasteiger partial charge in [-0.15, -0.1) is 0 Å². The van der Waals surface area contributed by atoms with Crippen LogP contribution in [0.15, 0.2) is 42.5 Å². The number of ether oxygens (including phenoxy) is 1. The highest BCUT2D eigenvalue weighted by atomic mass is 35.5. The second kappa shape index (κ2) is 16.0. The molecule has 0 radical (unpaired) electrons. The van der Waals surface area contributed by atoms with Crippen LogP contribution >= 0.6 is 11.6 Å². The Balaban J connectivity index is 2.58. The standard InChI is InChI=1S/C31H43ClN4O6/c1-6-7-8-9-19-36(29(40)24(17-18-25(33)38)34-30(41)42-31(3,4)5)27(21-13-15-22(37)16-14-21)28(39)35-26-20(2)11-10-12-23(26)32/h10-16,24,27,37H,6-9,17-19H2,1-5H3,(H2,33,38)(H,34,41)(H,35,39). The lowest BCUT2D eigenvalue weighted by molar-refractivity contribution is -0.141. The SMILES string of the molecule is CCCCCCN(C(=O)C(CCC(N)=O)NC(=O)OC(C)(C)C)C(C(=O)Nc1c(C)cccc1Cl)c1ccc(O)cc1. The van der Waals surface area contributed by atoms with Gasteiger partial charge in [0.25, 0.3) is 5.91 Å². The predicted octanol–water partition coefficient (Wildman–Crippen LogP) is 5.60. The number of carbonyl (C=O) groups excluding carboxylic acids is 4. The van der Waals surface area contributed by atoms with Crippen molar-refractivity contribution in [1.29, 1.82) is 0 Å². The number of phenolic OH excluding ortho intramolecular Hbond substituents is 1. The van der Waals surface area contributed by atoms with Crippen molar-refractivity contribution in [3.05, 3.63) is 58.6 Å². The molecule has 0 aliphatic carbocycles. The van der Waals surface area contributed by atoms with Crippen molar-refractivity contribution in [2.75, 3.05) is 11.9 Å². The van der Waals surface area contributed by atoms with E-state index in [4.69, 9.17) is 22.1 Å². The number of para-hydroxylation sites is 1. The number of nitrogens with two attached hydrogens (primary N) is 1. The van der Waals surface area contributed by atoms with Crippen LogP contribution in [0.25, 0.3) is 0 Å². The lowest BCUT2D eigenvalue weighted by atomic mass is 10.00. The molecule has 2 aromatic carbocycles. The quantitative estimate of drug-likeness (QED) is 0.207. The number of primary amides is 1. The van der Waals surface area contributed by atoms with Crippen molar-refractivity contribution >= 4 is 41.1 Å². The molecule has 230 valence electrons. The molecule has 0 aliphatic heterocycles. The van der Waals surface area contributed by atoms with E-state index in [-0.39, 0.29) is 25.1 Å². The molecule has 4 amide bonds. The lowest BCUT2D eigenvalue weighted by Crippen LogP contribution is -2.52. The number of amides is 4. The van der Waals surface area contributed by atoms with Crippen LogP contribution in [-0.2, 0) is 19.1 Å². The van der Waals surface area contributed by atoms with E-state index in [9.17, 15) is 24.3 Å². The van der Waals surface area contributed by atoms with Crippen molar-refractivity contribution in [3.8, 4) is 5.75 Å². The van der Waals surface area contributed by atoms with Crippen LogP contribution in [0, 0.1) is 6.92 Å². The zero-order chi connectivity index (χ0) is 31.4. The highest BCUT2D eigenvalue weighted by Crippen LogP contribution is 2.30. The normalized spacial score (nSPS) is 12.6. The number of unbranched alkanes of at least 4 members (excludes halogenated alkanes) is 3. The molecule has 0 bridgehead atoms. The fourth-order valence-electron chi connectivity index (χ4n) is 4.38. The molecule has 0 saturated heterocycles. The number of alkyl carbamates (subject to hydrolysis) is 1. The molecule has 0 heterocycles. The Morgan fingerprint density at radius 3 is 2.29 bits per heavy atom. The summed E-state index contributed by atoms with van der Waals surface area (Å²) in [4.78, 5) is 54.1. The molecule has 42 heavy (non-hydrogen) atoms. The van der Waals surface area contributed by atoms with E-state index < -0.39 is 41.5 Å². The highest BCUT2D eigenvalue weighted by molar-refractivity contribution is 6.34. The average molecular weight is 603 g/mol. The molecular formula is C31H43ClN4O6. The number of nitrogens with zero attached hydrogens (tertiary/aromatic N) is 1. The van der Waals surface area contributed by atoms with Gasteiger partial charge in [0.05, 0.1) is 10.7 Å². The van der Waals surface area contributed by atoms with E-state index >= 15 is 0 Å². The summed E-state index contributed by atoms with van der Waals surface area (Å²) in [6, 6.07) is 8.84. The number of nitrogens with one attached hydrogen (secondary N) is 2. The van der Waals surface area contributed by atoms with Gasteiger partial charge in [-0.3, -0.25) is 14.4 Å². The first kappa shape index (κ1) is 34.4. The van der Waals surface area contributed by atoms with Gasteiger partial charge in [-0.2, -0.15) is 0 Å². The Kier molecular flexibility index (Phi) is 13.1. The second-order valence-corrected chi connectivity index (χ2v) is 11.6. The third-order valence-corrected chi connectivity index (χ3v) is 6.76. The number of carbonyl (C=O) groups is 4. The van der Waals surface area contributed by atoms with Crippen LogP contribution in [0.4, 0.5) is 10.5 Å². The molecule has 2 atom stereocenters. The number of phenols is 1. The third kappa shape index (κ3) is 10.9. The first-order chi connectivity index (χ1) is 19.7. The van der Waals surface area contributed by atoms with Crippen LogP contribution in [0.1, 0.15) is 83.4 Å². The van der Waals surface area contributed by atoms with Crippen molar-refractivity contribution < 1.29 is 29.0 Å². The van der Waals surface area contributed by atoms with E-state index in [1.165, 1.54) is 17.0 Å². The molecule has 11 heteroatoms. The van der Waals surface area contributed by atoms with Gasteiger partial charge in [-0.05, 0) is 69.9 Å². The Bertz CT molecular complexity index is 1210. The topological polar surface area (TPSA) is 151 Å². The molecule has 0 saturated carbocycles. The maximum Gasteiger partial charge on any atom is 0.408 e. The van der Waals surface area contributed by atoms with E-state index in [1.807, 2.05) is 0 Å². The van der Waals surface area contributed by atoms with Crippen molar-refractivity contribution in [2.45, 2.75) is 90.8 Å². The molecule has 2 rings (SSSR count). The number of aromatic hydroxyl groups is 1. The predicted molar refractivity (Wildman–Crippen MR) is 163 cm³/mol. The summed E-state index contributed by atoms with van der Waals surface area (Å²) in [6.07, 6.45) is 2.17. The second-order valence-electron chi connectivity index (χ2n) is 11.2. The molecule has 0 spiro atoms. The zero-order valence-electron chi connectivity index (χ0n) is 25.0. The Morgan fingerprint density at radius 1 is 1.05 bits per heavy atom. The molecule has 0 fully saturated rings. The minimum atomic E-state index is -1.20. The molecule has 10 nitrogen and oxygen atoms in total. The van der Waals surface area contributed by atoms with Gasteiger partial charge >= 0.3 is 6.09 Å². The summed E-state index contributed by atoms with van der Waals surface area (Å²) in [7, 11) is 0. The van der Waals surface area contributed by atoms with Crippen LogP contribution < -0.4 is 16.4 Å². The molecular weight excluding hydrogens is 560 g/mol. The summed E-state index contributed by atoms with van der Waals surface area (Å²) < 4.78 is 5.37. The minimum Gasteiger partial charge on any atom is -0.508 e. The van der Waals surface area contributed by atoms with Crippen LogP contribution in [-0.4, -0.2) is 52.0 Å². The van der Waals surface area contributed by atoms with Gasteiger partial charge < -0.3 is 31.1 Å². The summed E-state index contributed by atoms with van der Waals surface area (Å²) in [5.74, 6) is -1.77. The first-order valence-corrected chi connectivity index (χ1v) is 14.5. The third-order valence-electron chi connectivity index (χ3n) is 6.44. The van der Waals surface area contributed by atoms with Crippen molar-refractivity contribution in [1.82, 2.24) is 10.2 Å². The summed E-state index contributed by atoms with van der Waals surface area (Å²) in [5, 5.41) is 15.7. The fourth-order valence-corrected chi connectivity index (χ4v) is 4.65. The minimum absolute atomic E-state index is 0.00777. The maximum atomic E-state index is 14.2. The van der Waals surface area contributed by atoms with E-state index in [0.29, 0.717) is 22.7 Å². The molecule has 5 N–H and O–H groups in total. The fraction of sp³-hybridized carbons (Fsp3) is 0.484. The highest BCUT2D eigenvalue weighted by Gasteiger charge is 2.36. The number of anilines is 1. The summed E-state index contributed by atoms with van der Waals surface area (Å²) in [6.45, 7) is 9.11. The number of hydrogen-bond donors (Lipinski definition) is 4. The van der Waals surface area contributed by atoms with Gasteiger partial charge in [0.1, 0.15) is 23.4 Å². The van der Waals surface area contributed by atoms with Crippen molar-refractivity contribution in [2.24, 2.45) is 5.73 Å². The molecule has 2 aromatic rings. The van der Waals surface area contributed by atoms with Crippen LogP contribution in [0.5, 0.6) is 5.75 Å². The number of rotatable bonds is 14. The van der Waals surface area contributed by atoms with E-state index in [1.54, 1.807) is 58.0 Å². The number of benzene rings is 2. The molecule has 0 aromatic heterocycles. The van der Waals surface area contributed by atoms with Gasteiger partial charge in [-0.1, -0.05) is 62.1 Å². The molecule has 2 unspecified atom stereocenters. The Morgan fingerprint density at radius 2 is 1.71 bits per heavy atom. The number of halogens is 1. The van der Waals surface area contributed by atoms with Crippen LogP contribution in [0.3, 0.4) is 0 Å². The Hall–Kier alpha value is -3.79. The largest absolute Gasteiger partial charge is 0.508 e. The number of hydrogen-bond acceptors (Lipinski definition) is 6. The van der Waals surface area contributed by atoms with Gasteiger partial charge in [0.15, 0.2) is 0 Å². The summed E-state index contributed by atoms with van der Waals surface area (Å²) >= 11 is 6.40. The van der Waals surface area contributed by atoms with Gasteiger partial charge in [0, 0.05) is 13.0 Å². The van der Waals surface area contributed by atoms with E-state index in [2.05, 4.69) is 17.6 Å². The van der Waals surface area contributed by atoms with Gasteiger partial charge in [0.2, 0.25) is 11.8 Å². The number of aryl methyl sites for hydroxylation is 1. The van der Waals surface area contributed by atoms with E-state index in [0.717, 1.165) is 24.8 Å². The lowest BCUT2D eigenvalue weighted by Gasteiger charge is -2.34. The van der Waals surface area contributed by atoms with Crippen LogP contribution in [0.2, 0.25) is 5.02 Å². The Labute approximate surface area is 252 Å². The summed E-state index contributed by atoms with van der Waals surface area (Å²) in [5.41, 5.74) is 6.12. The van der Waals surface area contributed by atoms with Gasteiger partial charge in [-0.25, -0.2) is 4.79 Å².